The summed E-state index contributed by atoms with van der Waals surface area (Å²) in [6.45, 7) is 6.13. The highest BCUT2D eigenvalue weighted by molar-refractivity contribution is 5.56. The van der Waals surface area contributed by atoms with Gasteiger partial charge in [0, 0.05) is 43.9 Å². The van der Waals surface area contributed by atoms with Gasteiger partial charge in [-0.05, 0) is 31.1 Å². The van der Waals surface area contributed by atoms with E-state index >= 15 is 0 Å². The topological polar surface area (TPSA) is 84.2 Å². The molecule has 2 aromatic rings. The Morgan fingerprint density at radius 1 is 1.28 bits per heavy atom. The molecule has 0 amide bonds. The van der Waals surface area contributed by atoms with Gasteiger partial charge in [0.15, 0.2) is 0 Å². The standard InChI is InChI=1S/C19H28N4O2/c1-3-9-23(10-11-25-2)14-15-5-4-6-16(12-15)19-21-17(7-8-20)13-18(24)22-19/h4-6,12-13H,3,7-11,14,20H2,1-2H3,(H,21,22,24). The second-order valence-electron chi connectivity index (χ2n) is 6.09. The Balaban J connectivity index is 2.21. The average molecular weight is 344 g/mol. The largest absolute Gasteiger partial charge is 0.383 e. The molecule has 25 heavy (non-hydrogen) atoms. The van der Waals surface area contributed by atoms with Gasteiger partial charge in [0.05, 0.1) is 6.61 Å². The smallest absolute Gasteiger partial charge is 0.251 e. The van der Waals surface area contributed by atoms with Gasteiger partial charge in [-0.2, -0.15) is 0 Å². The number of nitrogens with two attached hydrogens (primary N) is 1. The van der Waals surface area contributed by atoms with Crippen LogP contribution in [0.15, 0.2) is 35.1 Å². The molecule has 6 nitrogen and oxygen atoms in total. The van der Waals surface area contributed by atoms with Gasteiger partial charge in [-0.3, -0.25) is 9.69 Å². The highest BCUT2D eigenvalue weighted by Crippen LogP contribution is 2.17. The van der Waals surface area contributed by atoms with Crippen molar-refractivity contribution in [2.45, 2.75) is 26.3 Å². The molecule has 0 bridgehead atoms. The minimum atomic E-state index is -0.147. The fourth-order valence-electron chi connectivity index (χ4n) is 2.80. The summed E-state index contributed by atoms with van der Waals surface area (Å²) in [7, 11) is 1.72. The summed E-state index contributed by atoms with van der Waals surface area (Å²) >= 11 is 0. The summed E-state index contributed by atoms with van der Waals surface area (Å²) in [6, 6.07) is 9.66. The molecule has 6 heteroatoms. The Morgan fingerprint density at radius 3 is 2.84 bits per heavy atom. The number of ether oxygens (including phenoxy) is 1. The number of H-pyrrole nitrogens is 1. The summed E-state index contributed by atoms with van der Waals surface area (Å²) in [6.07, 6.45) is 1.69. The number of nitrogens with zero attached hydrogens (tertiary/aromatic N) is 2. The molecule has 1 heterocycles. The first-order valence-electron chi connectivity index (χ1n) is 8.77. The van der Waals surface area contributed by atoms with E-state index in [9.17, 15) is 4.79 Å². The van der Waals surface area contributed by atoms with Gasteiger partial charge in [0.2, 0.25) is 0 Å². The number of hydrogen-bond acceptors (Lipinski definition) is 5. The number of methoxy groups -OCH3 is 1. The number of nitrogens with one attached hydrogen (secondary N) is 1. The van der Waals surface area contributed by atoms with Crippen molar-refractivity contribution in [3.63, 3.8) is 0 Å². The van der Waals surface area contributed by atoms with Crippen LogP contribution in [0.4, 0.5) is 0 Å². The van der Waals surface area contributed by atoms with Crippen LogP contribution in [-0.2, 0) is 17.7 Å². The van der Waals surface area contributed by atoms with E-state index in [2.05, 4.69) is 33.9 Å². The highest BCUT2D eigenvalue weighted by Gasteiger charge is 2.08. The summed E-state index contributed by atoms with van der Waals surface area (Å²) in [5.41, 5.74) is 8.26. The maximum absolute atomic E-state index is 11.9. The van der Waals surface area contributed by atoms with Crippen LogP contribution >= 0.6 is 0 Å². The van der Waals surface area contributed by atoms with E-state index in [1.165, 1.54) is 11.6 Å². The summed E-state index contributed by atoms with van der Waals surface area (Å²) in [5, 5.41) is 0. The van der Waals surface area contributed by atoms with Crippen molar-refractivity contribution in [3.05, 3.63) is 51.9 Å². The fraction of sp³-hybridized carbons (Fsp3) is 0.474. The molecule has 1 aromatic carbocycles. The number of hydrogen-bond donors (Lipinski definition) is 2. The van der Waals surface area contributed by atoms with E-state index in [0.29, 0.717) is 18.8 Å². The number of rotatable bonds is 10. The maximum Gasteiger partial charge on any atom is 0.251 e. The predicted octanol–water partition coefficient (Wildman–Crippen LogP) is 1.80. The van der Waals surface area contributed by atoms with Crippen LogP contribution < -0.4 is 11.3 Å². The molecular weight excluding hydrogens is 316 g/mol. The van der Waals surface area contributed by atoms with Gasteiger partial charge >= 0.3 is 0 Å². The van der Waals surface area contributed by atoms with Gasteiger partial charge in [-0.25, -0.2) is 4.98 Å². The van der Waals surface area contributed by atoms with E-state index < -0.39 is 0 Å². The Labute approximate surface area is 149 Å². The monoisotopic (exact) mass is 344 g/mol. The molecule has 0 saturated heterocycles. The average Bonchev–Trinajstić information content (AvgIpc) is 2.60. The third-order valence-corrected chi connectivity index (χ3v) is 3.95. The van der Waals surface area contributed by atoms with E-state index in [0.717, 1.165) is 43.9 Å². The van der Waals surface area contributed by atoms with Crippen LogP contribution in [0.25, 0.3) is 11.4 Å². The van der Waals surface area contributed by atoms with Crippen molar-refractivity contribution in [1.29, 1.82) is 0 Å². The molecule has 3 N–H and O–H groups in total. The molecule has 0 spiro atoms. The lowest BCUT2D eigenvalue weighted by Crippen LogP contribution is -2.27. The summed E-state index contributed by atoms with van der Waals surface area (Å²) in [5.74, 6) is 0.594. The summed E-state index contributed by atoms with van der Waals surface area (Å²) in [4.78, 5) is 21.6. The van der Waals surface area contributed by atoms with Gasteiger partial charge in [-0.15, -0.1) is 0 Å². The van der Waals surface area contributed by atoms with Crippen molar-refractivity contribution in [1.82, 2.24) is 14.9 Å². The molecule has 136 valence electrons. The first kappa shape index (κ1) is 19.3. The van der Waals surface area contributed by atoms with Crippen LogP contribution in [-0.4, -0.2) is 48.2 Å². The number of aromatic amines is 1. The van der Waals surface area contributed by atoms with Gasteiger partial charge in [-0.1, -0.05) is 25.1 Å². The Morgan fingerprint density at radius 2 is 2.12 bits per heavy atom. The molecule has 0 saturated carbocycles. The second kappa shape index (κ2) is 10.1. The zero-order chi connectivity index (χ0) is 18.1. The molecule has 0 aliphatic heterocycles. The molecule has 1 aromatic heterocycles. The lowest BCUT2D eigenvalue weighted by Gasteiger charge is -2.21. The van der Waals surface area contributed by atoms with Gasteiger partial charge in [0.1, 0.15) is 5.82 Å². The lowest BCUT2D eigenvalue weighted by atomic mass is 10.1. The molecule has 2 rings (SSSR count). The molecule has 0 radical (unpaired) electrons. The van der Waals surface area contributed by atoms with Crippen LogP contribution in [0.3, 0.4) is 0 Å². The van der Waals surface area contributed by atoms with Gasteiger partial charge in [0.25, 0.3) is 5.56 Å². The van der Waals surface area contributed by atoms with Gasteiger partial charge < -0.3 is 15.5 Å². The van der Waals surface area contributed by atoms with Crippen LogP contribution in [0.2, 0.25) is 0 Å². The zero-order valence-corrected chi connectivity index (χ0v) is 15.1. The van der Waals surface area contributed by atoms with E-state index in [-0.39, 0.29) is 5.56 Å². The second-order valence-corrected chi connectivity index (χ2v) is 6.09. The van der Waals surface area contributed by atoms with Crippen molar-refractivity contribution in [2.24, 2.45) is 5.73 Å². The first-order valence-corrected chi connectivity index (χ1v) is 8.77. The van der Waals surface area contributed by atoms with Crippen molar-refractivity contribution < 1.29 is 4.74 Å². The zero-order valence-electron chi connectivity index (χ0n) is 15.1. The van der Waals surface area contributed by atoms with E-state index in [1.807, 2.05) is 12.1 Å². The SMILES string of the molecule is CCCN(CCOC)Cc1cccc(-c2nc(CCN)cc(=O)[nH]2)c1. The van der Waals surface area contributed by atoms with Crippen LogP contribution in [0, 0.1) is 0 Å². The van der Waals surface area contributed by atoms with Crippen LogP contribution in [0.5, 0.6) is 0 Å². The van der Waals surface area contributed by atoms with Crippen molar-refractivity contribution in [2.75, 3.05) is 33.4 Å². The van der Waals surface area contributed by atoms with E-state index in [1.54, 1.807) is 7.11 Å². The number of benzene rings is 1. The third kappa shape index (κ3) is 6.08. The quantitative estimate of drug-likeness (QED) is 0.686. The molecule has 0 fully saturated rings. The molecular formula is C19H28N4O2. The van der Waals surface area contributed by atoms with E-state index in [4.69, 9.17) is 10.5 Å². The third-order valence-electron chi connectivity index (χ3n) is 3.95. The lowest BCUT2D eigenvalue weighted by molar-refractivity contribution is 0.144. The molecule has 0 aliphatic rings. The predicted molar refractivity (Wildman–Crippen MR) is 100 cm³/mol. The minimum Gasteiger partial charge on any atom is -0.383 e. The molecule has 0 atom stereocenters. The van der Waals surface area contributed by atoms with Crippen molar-refractivity contribution in [3.8, 4) is 11.4 Å². The first-order chi connectivity index (χ1) is 12.2. The highest BCUT2D eigenvalue weighted by atomic mass is 16.5. The summed E-state index contributed by atoms with van der Waals surface area (Å²) < 4.78 is 5.20. The van der Waals surface area contributed by atoms with Crippen LogP contribution in [0.1, 0.15) is 24.6 Å². The molecule has 0 unspecified atom stereocenters. The Bertz CT molecular complexity index is 715. The molecule has 0 aliphatic carbocycles. The number of aromatic nitrogens is 2. The Kier molecular flexibility index (Phi) is 7.78. The normalized spacial score (nSPS) is 11.2. The fourth-order valence-corrected chi connectivity index (χ4v) is 2.80. The minimum absolute atomic E-state index is 0.147. The van der Waals surface area contributed by atoms with Crippen molar-refractivity contribution >= 4 is 0 Å². The Hall–Kier alpha value is -2.02. The maximum atomic E-state index is 11.9.